The number of nitrogens with two attached hydrogens (primary N) is 1. The van der Waals surface area contributed by atoms with Gasteiger partial charge >= 0.3 is 0 Å². The predicted molar refractivity (Wildman–Crippen MR) is 80.8 cm³/mol. The first-order valence-electron chi connectivity index (χ1n) is 5.76. The van der Waals surface area contributed by atoms with Crippen molar-refractivity contribution in [1.82, 2.24) is 5.32 Å². The van der Waals surface area contributed by atoms with Gasteiger partial charge in [0.15, 0.2) is 0 Å². The van der Waals surface area contributed by atoms with Crippen molar-refractivity contribution in [2.45, 2.75) is 0 Å². The van der Waals surface area contributed by atoms with Crippen molar-refractivity contribution in [2.24, 2.45) is 0 Å². The molecule has 0 unspecified atom stereocenters. The molecule has 2 rings (SSSR count). The van der Waals surface area contributed by atoms with Gasteiger partial charge in [0.05, 0.1) is 15.6 Å². The summed E-state index contributed by atoms with van der Waals surface area (Å²) in [5.74, 6) is 0.554. The molecule has 1 amide bonds. The number of carbonyl (C=O) groups is 1. The van der Waals surface area contributed by atoms with E-state index in [-0.39, 0.29) is 5.91 Å². The molecule has 4 nitrogen and oxygen atoms in total. The molecular formula is C14H12Cl2N2O2. The second kappa shape index (κ2) is 6.03. The van der Waals surface area contributed by atoms with Gasteiger partial charge in [0, 0.05) is 24.9 Å². The summed E-state index contributed by atoms with van der Waals surface area (Å²) < 4.78 is 5.67. The van der Waals surface area contributed by atoms with E-state index in [2.05, 4.69) is 5.32 Å². The molecule has 104 valence electrons. The highest BCUT2D eigenvalue weighted by Crippen LogP contribution is 2.31. The number of nitrogen functional groups attached to an aromatic ring is 1. The summed E-state index contributed by atoms with van der Waals surface area (Å²) in [4.78, 5) is 11.8. The third kappa shape index (κ3) is 3.15. The molecule has 2 aromatic rings. The van der Waals surface area contributed by atoms with Gasteiger partial charge in [0.25, 0.3) is 5.91 Å². The van der Waals surface area contributed by atoms with Crippen LogP contribution in [-0.2, 0) is 0 Å². The number of anilines is 1. The first kappa shape index (κ1) is 14.5. The molecule has 0 saturated heterocycles. The van der Waals surface area contributed by atoms with Crippen molar-refractivity contribution < 1.29 is 9.53 Å². The van der Waals surface area contributed by atoms with Crippen LogP contribution in [0.3, 0.4) is 0 Å². The summed E-state index contributed by atoms with van der Waals surface area (Å²) in [6.45, 7) is 0. The molecule has 0 saturated carbocycles. The minimum atomic E-state index is -0.264. The van der Waals surface area contributed by atoms with E-state index in [0.29, 0.717) is 32.8 Å². The molecule has 0 radical (unpaired) electrons. The molecule has 0 fully saturated rings. The molecule has 3 N–H and O–H groups in total. The zero-order valence-corrected chi connectivity index (χ0v) is 12.1. The summed E-state index contributed by atoms with van der Waals surface area (Å²) in [7, 11) is 1.54. The number of amides is 1. The van der Waals surface area contributed by atoms with Crippen molar-refractivity contribution in [3.63, 3.8) is 0 Å². The average molecular weight is 311 g/mol. The fourth-order valence-corrected chi connectivity index (χ4v) is 1.90. The van der Waals surface area contributed by atoms with E-state index < -0.39 is 0 Å². The summed E-state index contributed by atoms with van der Waals surface area (Å²) in [6, 6.07) is 9.65. The molecule has 0 aliphatic rings. The summed E-state index contributed by atoms with van der Waals surface area (Å²) in [5, 5.41) is 3.34. The maximum Gasteiger partial charge on any atom is 0.254 e. The lowest BCUT2D eigenvalue weighted by molar-refractivity contribution is 0.0961. The van der Waals surface area contributed by atoms with Crippen LogP contribution in [0.4, 0.5) is 5.69 Å². The normalized spacial score (nSPS) is 10.2. The van der Waals surface area contributed by atoms with Crippen molar-refractivity contribution in [2.75, 3.05) is 12.8 Å². The monoisotopic (exact) mass is 310 g/mol. The molecule has 6 heteroatoms. The van der Waals surface area contributed by atoms with Gasteiger partial charge in [0.1, 0.15) is 11.5 Å². The van der Waals surface area contributed by atoms with Gasteiger partial charge in [-0.2, -0.15) is 0 Å². The van der Waals surface area contributed by atoms with Crippen LogP contribution in [0, 0.1) is 0 Å². The Kier molecular flexibility index (Phi) is 4.37. The van der Waals surface area contributed by atoms with Crippen LogP contribution in [0.25, 0.3) is 0 Å². The van der Waals surface area contributed by atoms with Crippen LogP contribution in [0.15, 0.2) is 36.4 Å². The molecule has 0 bridgehead atoms. The van der Waals surface area contributed by atoms with Crippen molar-refractivity contribution in [3.8, 4) is 11.5 Å². The minimum absolute atomic E-state index is 0.264. The minimum Gasteiger partial charge on any atom is -0.456 e. The van der Waals surface area contributed by atoms with Gasteiger partial charge in [-0.15, -0.1) is 0 Å². The zero-order chi connectivity index (χ0) is 14.7. The lowest BCUT2D eigenvalue weighted by Gasteiger charge is -2.11. The largest absolute Gasteiger partial charge is 0.456 e. The third-order valence-corrected chi connectivity index (χ3v) is 3.34. The van der Waals surface area contributed by atoms with Crippen LogP contribution >= 0.6 is 23.2 Å². The van der Waals surface area contributed by atoms with Gasteiger partial charge in [0.2, 0.25) is 0 Å². The molecule has 0 aliphatic heterocycles. The second-order valence-corrected chi connectivity index (χ2v) is 4.83. The highest BCUT2D eigenvalue weighted by molar-refractivity contribution is 6.42. The average Bonchev–Trinajstić information content (AvgIpc) is 2.42. The van der Waals surface area contributed by atoms with Crippen molar-refractivity contribution in [1.29, 1.82) is 0 Å². The quantitative estimate of drug-likeness (QED) is 0.849. The summed E-state index contributed by atoms with van der Waals surface area (Å²) in [6.07, 6.45) is 0. The number of benzene rings is 2. The Morgan fingerprint density at radius 2 is 1.90 bits per heavy atom. The number of ether oxygens (including phenoxy) is 1. The number of nitrogens with one attached hydrogen (secondary N) is 1. The number of hydrogen-bond donors (Lipinski definition) is 2. The Morgan fingerprint density at radius 1 is 1.15 bits per heavy atom. The van der Waals surface area contributed by atoms with E-state index in [9.17, 15) is 4.79 Å². The first-order valence-corrected chi connectivity index (χ1v) is 6.51. The maximum atomic E-state index is 11.8. The van der Waals surface area contributed by atoms with Gasteiger partial charge in [-0.3, -0.25) is 4.79 Å². The van der Waals surface area contributed by atoms with E-state index in [1.165, 1.54) is 0 Å². The first-order chi connectivity index (χ1) is 9.51. The Labute approximate surface area is 126 Å². The summed E-state index contributed by atoms with van der Waals surface area (Å²) >= 11 is 11.8. The molecule has 0 heterocycles. The number of halogens is 2. The highest BCUT2D eigenvalue weighted by atomic mass is 35.5. The smallest absolute Gasteiger partial charge is 0.254 e. The van der Waals surface area contributed by atoms with Crippen LogP contribution in [-0.4, -0.2) is 13.0 Å². The molecule has 0 aromatic heterocycles. The van der Waals surface area contributed by atoms with Crippen molar-refractivity contribution in [3.05, 3.63) is 52.0 Å². The zero-order valence-electron chi connectivity index (χ0n) is 10.6. The Balaban J connectivity index is 2.38. The maximum absolute atomic E-state index is 11.8. The molecular weight excluding hydrogens is 299 g/mol. The molecule has 2 aromatic carbocycles. The third-order valence-electron chi connectivity index (χ3n) is 2.60. The van der Waals surface area contributed by atoms with E-state index in [1.807, 2.05) is 0 Å². The van der Waals surface area contributed by atoms with Gasteiger partial charge in [-0.05, 0) is 24.3 Å². The SMILES string of the molecule is CNC(=O)c1ccc(N)cc1Oc1ccc(Cl)c(Cl)c1. The van der Waals surface area contributed by atoms with E-state index in [0.717, 1.165) is 0 Å². The molecule has 20 heavy (non-hydrogen) atoms. The Bertz CT molecular complexity index is 660. The summed E-state index contributed by atoms with van der Waals surface area (Å²) in [5.41, 5.74) is 6.59. The van der Waals surface area contributed by atoms with Crippen LogP contribution < -0.4 is 15.8 Å². The van der Waals surface area contributed by atoms with Crippen LogP contribution in [0.1, 0.15) is 10.4 Å². The Hall–Kier alpha value is -1.91. The van der Waals surface area contributed by atoms with Gasteiger partial charge in [-0.1, -0.05) is 23.2 Å². The second-order valence-electron chi connectivity index (χ2n) is 4.01. The van der Waals surface area contributed by atoms with Gasteiger partial charge < -0.3 is 15.8 Å². The topological polar surface area (TPSA) is 64.4 Å². The number of hydrogen-bond acceptors (Lipinski definition) is 3. The number of carbonyl (C=O) groups excluding carboxylic acids is 1. The lowest BCUT2D eigenvalue weighted by atomic mass is 10.1. The van der Waals surface area contributed by atoms with E-state index in [1.54, 1.807) is 43.4 Å². The lowest BCUT2D eigenvalue weighted by Crippen LogP contribution is -2.18. The van der Waals surface area contributed by atoms with Crippen molar-refractivity contribution >= 4 is 34.8 Å². The number of rotatable bonds is 3. The Morgan fingerprint density at radius 3 is 2.55 bits per heavy atom. The fourth-order valence-electron chi connectivity index (χ4n) is 1.61. The molecule has 0 spiro atoms. The van der Waals surface area contributed by atoms with Gasteiger partial charge in [-0.25, -0.2) is 0 Å². The predicted octanol–water partition coefficient (Wildman–Crippen LogP) is 3.73. The van der Waals surface area contributed by atoms with E-state index >= 15 is 0 Å². The highest BCUT2D eigenvalue weighted by Gasteiger charge is 2.13. The molecule has 0 aliphatic carbocycles. The molecule has 0 atom stereocenters. The van der Waals surface area contributed by atoms with E-state index in [4.69, 9.17) is 33.7 Å². The van der Waals surface area contributed by atoms with Crippen LogP contribution in [0.5, 0.6) is 11.5 Å². The standard InChI is InChI=1S/C14H12Cl2N2O2/c1-18-14(19)10-4-2-8(17)6-13(10)20-9-3-5-11(15)12(16)7-9/h2-7H,17H2,1H3,(H,18,19). The fraction of sp³-hybridized carbons (Fsp3) is 0.0714. The van der Waals surface area contributed by atoms with Crippen LogP contribution in [0.2, 0.25) is 10.0 Å².